The van der Waals surface area contributed by atoms with Crippen molar-refractivity contribution in [3.63, 3.8) is 0 Å². The lowest BCUT2D eigenvalue weighted by molar-refractivity contribution is -0.118. The van der Waals surface area contributed by atoms with Gasteiger partial charge in [-0.3, -0.25) is 4.79 Å². The predicted octanol–water partition coefficient (Wildman–Crippen LogP) is 1.64. The summed E-state index contributed by atoms with van der Waals surface area (Å²) in [5.74, 6) is 0.555. The number of carbonyl (C=O) groups is 1. The van der Waals surface area contributed by atoms with Gasteiger partial charge < -0.3 is 19.5 Å². The maximum absolute atomic E-state index is 12.1. The van der Waals surface area contributed by atoms with E-state index in [1.54, 1.807) is 24.3 Å². The van der Waals surface area contributed by atoms with E-state index in [0.717, 1.165) is 0 Å². The minimum Gasteiger partial charge on any atom is -0.495 e. The van der Waals surface area contributed by atoms with Gasteiger partial charge in [-0.1, -0.05) is 12.1 Å². The van der Waals surface area contributed by atoms with Crippen molar-refractivity contribution in [3.05, 3.63) is 48.5 Å². The number of ether oxygens (including phenoxy) is 3. The van der Waals surface area contributed by atoms with E-state index >= 15 is 0 Å². The topological polar surface area (TPSA) is 103 Å². The largest absolute Gasteiger partial charge is 0.495 e. The van der Waals surface area contributed by atoms with Gasteiger partial charge >= 0.3 is 0 Å². The van der Waals surface area contributed by atoms with Crippen molar-refractivity contribution < 1.29 is 27.4 Å². The fourth-order valence-electron chi connectivity index (χ4n) is 2.16. The third-order valence-electron chi connectivity index (χ3n) is 3.48. The summed E-state index contributed by atoms with van der Waals surface area (Å²) in [7, 11) is -0.602. The minimum absolute atomic E-state index is 0.101. The molecule has 0 aliphatic heterocycles. The molecule has 0 saturated carbocycles. The van der Waals surface area contributed by atoms with Crippen LogP contribution in [0, 0.1) is 0 Å². The average Bonchev–Trinajstić information content (AvgIpc) is 2.67. The molecule has 27 heavy (non-hydrogen) atoms. The first-order chi connectivity index (χ1) is 13.0. The van der Waals surface area contributed by atoms with Crippen LogP contribution in [0.1, 0.15) is 0 Å². The second kappa shape index (κ2) is 9.91. The molecule has 146 valence electrons. The number of carbonyl (C=O) groups excluding carboxylic acids is 1. The van der Waals surface area contributed by atoms with Gasteiger partial charge in [-0.05, 0) is 36.4 Å². The molecule has 0 aliphatic carbocycles. The van der Waals surface area contributed by atoms with Crippen LogP contribution in [0.4, 0.5) is 5.69 Å². The highest BCUT2D eigenvalue weighted by Crippen LogP contribution is 2.23. The lowest BCUT2D eigenvalue weighted by Gasteiger charge is -2.11. The monoisotopic (exact) mass is 394 g/mol. The van der Waals surface area contributed by atoms with Crippen molar-refractivity contribution in [3.8, 4) is 11.5 Å². The van der Waals surface area contributed by atoms with Gasteiger partial charge in [0.1, 0.15) is 11.5 Å². The molecule has 0 unspecified atom stereocenters. The lowest BCUT2D eigenvalue weighted by atomic mass is 10.3. The fourth-order valence-corrected chi connectivity index (χ4v) is 3.17. The highest BCUT2D eigenvalue weighted by molar-refractivity contribution is 7.89. The van der Waals surface area contributed by atoms with Gasteiger partial charge in [-0.15, -0.1) is 0 Å². The smallest absolute Gasteiger partial charge is 0.262 e. The molecule has 0 aromatic heterocycles. The first-order valence-electron chi connectivity index (χ1n) is 8.10. The van der Waals surface area contributed by atoms with E-state index in [9.17, 15) is 13.2 Å². The third kappa shape index (κ3) is 6.24. The Kier molecular flexibility index (Phi) is 7.59. The molecule has 2 rings (SSSR count). The first kappa shape index (κ1) is 20.7. The first-order valence-corrected chi connectivity index (χ1v) is 9.59. The van der Waals surface area contributed by atoms with Crippen LogP contribution in [0.5, 0.6) is 11.5 Å². The number of rotatable bonds is 10. The SMILES string of the molecule is COCCNS(=O)(=O)c1ccc(OCC(=O)Nc2ccccc2OC)cc1. The van der Waals surface area contributed by atoms with Crippen molar-refractivity contribution in [2.45, 2.75) is 4.90 Å². The fraction of sp³-hybridized carbons (Fsp3) is 0.278. The molecule has 0 bridgehead atoms. The summed E-state index contributed by atoms with van der Waals surface area (Å²) in [6.45, 7) is 0.234. The summed E-state index contributed by atoms with van der Waals surface area (Å²) < 4.78 is 41.9. The van der Waals surface area contributed by atoms with Gasteiger partial charge in [-0.25, -0.2) is 13.1 Å². The quantitative estimate of drug-likeness (QED) is 0.594. The summed E-state index contributed by atoms with van der Waals surface area (Å²) in [5.41, 5.74) is 0.539. The van der Waals surface area contributed by atoms with Crippen molar-refractivity contribution in [2.75, 3.05) is 39.3 Å². The summed E-state index contributed by atoms with van der Waals surface area (Å²) in [6, 6.07) is 12.8. The van der Waals surface area contributed by atoms with Crippen molar-refractivity contribution in [1.29, 1.82) is 0 Å². The molecule has 0 spiro atoms. The molecule has 0 saturated heterocycles. The molecule has 2 N–H and O–H groups in total. The van der Waals surface area contributed by atoms with Gasteiger partial charge in [0, 0.05) is 13.7 Å². The number of anilines is 1. The Morgan fingerprint density at radius 1 is 1.04 bits per heavy atom. The van der Waals surface area contributed by atoms with Crippen molar-refractivity contribution in [1.82, 2.24) is 4.72 Å². The number of hydrogen-bond donors (Lipinski definition) is 2. The molecule has 1 amide bonds. The second-order valence-corrected chi connectivity index (χ2v) is 7.17. The zero-order valence-corrected chi connectivity index (χ0v) is 15.9. The van der Waals surface area contributed by atoms with E-state index < -0.39 is 10.0 Å². The molecular weight excluding hydrogens is 372 g/mol. The Hall–Kier alpha value is -2.62. The lowest BCUT2D eigenvalue weighted by Crippen LogP contribution is -2.27. The number of nitrogens with one attached hydrogen (secondary N) is 2. The number of para-hydroxylation sites is 2. The summed E-state index contributed by atoms with van der Waals surface area (Å²) >= 11 is 0. The normalized spacial score (nSPS) is 11.0. The van der Waals surface area contributed by atoms with Crippen molar-refractivity contribution >= 4 is 21.6 Å². The van der Waals surface area contributed by atoms with E-state index in [1.165, 1.54) is 38.5 Å². The molecule has 9 heteroatoms. The van der Waals surface area contributed by atoms with Crippen LogP contribution < -0.4 is 19.5 Å². The molecule has 0 aliphatic rings. The van der Waals surface area contributed by atoms with Gasteiger partial charge in [0.15, 0.2) is 6.61 Å². The Morgan fingerprint density at radius 3 is 2.41 bits per heavy atom. The number of amides is 1. The standard InChI is InChI=1S/C18H22N2O6S/c1-24-12-11-19-27(22,23)15-9-7-14(8-10-15)26-13-18(21)20-16-5-3-4-6-17(16)25-2/h3-10,19H,11-13H2,1-2H3,(H,20,21). The van der Waals surface area contributed by atoms with Crippen LogP contribution >= 0.6 is 0 Å². The molecule has 2 aromatic carbocycles. The zero-order chi connectivity index (χ0) is 19.7. The predicted molar refractivity (Wildman–Crippen MR) is 101 cm³/mol. The Morgan fingerprint density at radius 2 is 1.74 bits per heavy atom. The van der Waals surface area contributed by atoms with E-state index in [-0.39, 0.29) is 30.6 Å². The van der Waals surface area contributed by atoms with E-state index in [4.69, 9.17) is 14.2 Å². The van der Waals surface area contributed by atoms with Crippen molar-refractivity contribution in [2.24, 2.45) is 0 Å². The number of benzene rings is 2. The Labute approximate surface area is 158 Å². The Bertz CT molecular complexity index is 852. The van der Waals surface area contributed by atoms with Crippen LogP contribution in [0.25, 0.3) is 0 Å². The van der Waals surface area contributed by atoms with Crippen LogP contribution in [0.3, 0.4) is 0 Å². The highest BCUT2D eigenvalue weighted by Gasteiger charge is 2.13. The van der Waals surface area contributed by atoms with Crippen LogP contribution in [0.15, 0.2) is 53.4 Å². The van der Waals surface area contributed by atoms with E-state index in [1.807, 2.05) is 0 Å². The molecule has 2 aromatic rings. The van der Waals surface area contributed by atoms with Gasteiger partial charge in [-0.2, -0.15) is 0 Å². The summed E-state index contributed by atoms with van der Waals surface area (Å²) in [6.07, 6.45) is 0. The Balaban J connectivity index is 1.90. The molecule has 0 radical (unpaired) electrons. The molecular formula is C18H22N2O6S. The second-order valence-electron chi connectivity index (χ2n) is 5.40. The minimum atomic E-state index is -3.61. The average molecular weight is 394 g/mol. The van der Waals surface area contributed by atoms with Gasteiger partial charge in [0.25, 0.3) is 5.91 Å². The number of hydrogen-bond acceptors (Lipinski definition) is 6. The molecule has 8 nitrogen and oxygen atoms in total. The van der Waals surface area contributed by atoms with Gasteiger partial charge in [0.05, 0.1) is 24.3 Å². The summed E-state index contributed by atoms with van der Waals surface area (Å²) in [4.78, 5) is 12.1. The summed E-state index contributed by atoms with van der Waals surface area (Å²) in [5, 5.41) is 2.69. The van der Waals surface area contributed by atoms with Crippen LogP contribution in [-0.4, -0.2) is 48.3 Å². The van der Waals surface area contributed by atoms with E-state index in [2.05, 4.69) is 10.0 Å². The molecule has 0 heterocycles. The third-order valence-corrected chi connectivity index (χ3v) is 4.96. The highest BCUT2D eigenvalue weighted by atomic mass is 32.2. The number of methoxy groups -OCH3 is 2. The van der Waals surface area contributed by atoms with Crippen LogP contribution in [-0.2, 0) is 19.6 Å². The van der Waals surface area contributed by atoms with E-state index in [0.29, 0.717) is 17.2 Å². The maximum Gasteiger partial charge on any atom is 0.262 e. The molecule has 0 atom stereocenters. The number of sulfonamides is 1. The van der Waals surface area contributed by atoms with Crippen LogP contribution in [0.2, 0.25) is 0 Å². The zero-order valence-electron chi connectivity index (χ0n) is 15.1. The molecule has 0 fully saturated rings. The van der Waals surface area contributed by atoms with Gasteiger partial charge in [0.2, 0.25) is 10.0 Å². The maximum atomic E-state index is 12.1.